The van der Waals surface area contributed by atoms with Crippen LogP contribution >= 0.6 is 11.3 Å². The van der Waals surface area contributed by atoms with Crippen LogP contribution in [0, 0.1) is 0 Å². The van der Waals surface area contributed by atoms with Gasteiger partial charge in [0.1, 0.15) is 5.70 Å². The lowest BCUT2D eigenvalue weighted by Gasteiger charge is -2.23. The number of anilines is 1. The van der Waals surface area contributed by atoms with Crippen LogP contribution in [0.5, 0.6) is 0 Å². The Morgan fingerprint density at radius 2 is 1.65 bits per heavy atom. The van der Waals surface area contributed by atoms with E-state index < -0.39 is 11.9 Å². The Labute approximate surface area is 155 Å². The summed E-state index contributed by atoms with van der Waals surface area (Å²) < 4.78 is 9.71. The van der Waals surface area contributed by atoms with E-state index in [0.717, 1.165) is 16.8 Å². The molecule has 0 unspecified atom stereocenters. The largest absolute Gasteiger partial charge is 0.465 e. The van der Waals surface area contributed by atoms with E-state index in [4.69, 9.17) is 9.47 Å². The summed E-state index contributed by atoms with van der Waals surface area (Å²) in [7, 11) is 2.55. The van der Waals surface area contributed by atoms with Gasteiger partial charge in [0.05, 0.1) is 19.8 Å². The standard InChI is InChI=1S/C20H17NO4S/c1-24-19(22)17-5-3-4-11-21(18(17)20(23)25-2)16-8-6-14(7-9-16)15-10-12-26-13-15/h3-13H,1-2H3. The van der Waals surface area contributed by atoms with Crippen molar-refractivity contribution in [3.63, 3.8) is 0 Å². The molecule has 0 N–H and O–H groups in total. The van der Waals surface area contributed by atoms with E-state index in [1.54, 1.807) is 34.6 Å². The molecule has 1 aliphatic heterocycles. The number of methoxy groups -OCH3 is 2. The minimum atomic E-state index is -0.622. The monoisotopic (exact) mass is 367 g/mol. The first-order valence-electron chi connectivity index (χ1n) is 7.83. The summed E-state index contributed by atoms with van der Waals surface area (Å²) in [4.78, 5) is 26.2. The summed E-state index contributed by atoms with van der Waals surface area (Å²) in [6.45, 7) is 0. The summed E-state index contributed by atoms with van der Waals surface area (Å²) in [5, 5.41) is 4.09. The highest BCUT2D eigenvalue weighted by atomic mass is 32.1. The van der Waals surface area contributed by atoms with Crippen LogP contribution in [-0.4, -0.2) is 26.2 Å². The Morgan fingerprint density at radius 1 is 0.923 bits per heavy atom. The molecule has 2 heterocycles. The van der Waals surface area contributed by atoms with E-state index in [1.165, 1.54) is 20.3 Å². The van der Waals surface area contributed by atoms with E-state index in [2.05, 4.69) is 5.38 Å². The molecule has 0 aliphatic carbocycles. The van der Waals surface area contributed by atoms with E-state index >= 15 is 0 Å². The number of rotatable bonds is 4. The smallest absolute Gasteiger partial charge is 0.355 e. The number of carbonyl (C=O) groups excluding carboxylic acids is 2. The predicted molar refractivity (Wildman–Crippen MR) is 102 cm³/mol. The molecule has 0 spiro atoms. The average Bonchev–Trinajstić information content (AvgIpc) is 3.13. The number of allylic oxidation sites excluding steroid dienone is 2. The number of carbonyl (C=O) groups is 2. The zero-order chi connectivity index (χ0) is 18.5. The van der Waals surface area contributed by atoms with Gasteiger partial charge in [0, 0.05) is 11.9 Å². The molecular weight excluding hydrogens is 350 g/mol. The van der Waals surface area contributed by atoms with Gasteiger partial charge >= 0.3 is 11.9 Å². The fourth-order valence-corrected chi connectivity index (χ4v) is 3.27. The van der Waals surface area contributed by atoms with Gasteiger partial charge in [0.15, 0.2) is 0 Å². The van der Waals surface area contributed by atoms with Crippen molar-refractivity contribution in [3.05, 3.63) is 76.8 Å². The summed E-state index contributed by atoms with van der Waals surface area (Å²) >= 11 is 1.63. The molecule has 26 heavy (non-hydrogen) atoms. The van der Waals surface area contributed by atoms with Crippen LogP contribution in [0.15, 0.2) is 76.8 Å². The Kier molecular flexibility index (Phi) is 5.34. The van der Waals surface area contributed by atoms with Gasteiger partial charge in [-0.1, -0.05) is 18.2 Å². The number of hydrogen-bond acceptors (Lipinski definition) is 6. The van der Waals surface area contributed by atoms with Crippen molar-refractivity contribution in [3.8, 4) is 11.1 Å². The van der Waals surface area contributed by atoms with Gasteiger partial charge in [0.25, 0.3) is 0 Å². The van der Waals surface area contributed by atoms with Crippen LogP contribution in [0.1, 0.15) is 0 Å². The first-order valence-corrected chi connectivity index (χ1v) is 8.77. The lowest BCUT2D eigenvalue weighted by molar-refractivity contribution is -0.139. The lowest BCUT2D eigenvalue weighted by atomic mass is 10.1. The van der Waals surface area contributed by atoms with Crippen molar-refractivity contribution in [1.82, 2.24) is 0 Å². The quantitative estimate of drug-likeness (QED) is 0.767. The van der Waals surface area contributed by atoms with Gasteiger partial charge in [-0.2, -0.15) is 11.3 Å². The minimum absolute atomic E-state index is 0.104. The van der Waals surface area contributed by atoms with Crippen molar-refractivity contribution in [1.29, 1.82) is 0 Å². The molecule has 5 nitrogen and oxygen atoms in total. The molecule has 0 saturated carbocycles. The molecule has 1 aromatic carbocycles. The summed E-state index contributed by atoms with van der Waals surface area (Å²) in [6.07, 6.45) is 6.66. The van der Waals surface area contributed by atoms with Gasteiger partial charge in [-0.25, -0.2) is 9.59 Å². The van der Waals surface area contributed by atoms with Crippen molar-refractivity contribution >= 4 is 29.0 Å². The molecule has 0 fully saturated rings. The summed E-state index contributed by atoms with van der Waals surface area (Å²) in [5.41, 5.74) is 3.17. The average molecular weight is 367 g/mol. The molecule has 0 bridgehead atoms. The van der Waals surface area contributed by atoms with Crippen molar-refractivity contribution in [2.24, 2.45) is 0 Å². The maximum absolute atomic E-state index is 12.4. The third-order valence-electron chi connectivity index (χ3n) is 3.89. The van der Waals surface area contributed by atoms with E-state index in [1.807, 2.05) is 35.7 Å². The van der Waals surface area contributed by atoms with E-state index in [-0.39, 0.29) is 11.3 Å². The summed E-state index contributed by atoms with van der Waals surface area (Å²) in [5.74, 6) is -1.23. The SMILES string of the molecule is COC(=O)C1=C(C(=O)OC)N(c2ccc(-c3ccsc3)cc2)C=CC=C1. The van der Waals surface area contributed by atoms with Crippen molar-refractivity contribution in [2.75, 3.05) is 19.1 Å². The third-order valence-corrected chi connectivity index (χ3v) is 4.57. The number of thiophene rings is 1. The zero-order valence-electron chi connectivity index (χ0n) is 14.3. The number of hydrogen-bond donors (Lipinski definition) is 0. The number of benzene rings is 1. The molecule has 132 valence electrons. The Balaban J connectivity index is 2.06. The topological polar surface area (TPSA) is 55.8 Å². The minimum Gasteiger partial charge on any atom is -0.465 e. The normalized spacial score (nSPS) is 13.5. The second-order valence-corrected chi connectivity index (χ2v) is 6.16. The van der Waals surface area contributed by atoms with E-state index in [9.17, 15) is 9.59 Å². The number of ether oxygens (including phenoxy) is 2. The zero-order valence-corrected chi connectivity index (χ0v) is 15.2. The Hall–Kier alpha value is -3.12. The Bertz CT molecular complexity index is 892. The molecule has 1 aromatic heterocycles. The molecule has 0 atom stereocenters. The van der Waals surface area contributed by atoms with Crippen LogP contribution in [0.3, 0.4) is 0 Å². The fourth-order valence-electron chi connectivity index (χ4n) is 2.61. The molecule has 0 saturated heterocycles. The third kappa shape index (κ3) is 3.45. The van der Waals surface area contributed by atoms with Gasteiger partial charge in [0.2, 0.25) is 0 Å². The summed E-state index contributed by atoms with van der Waals surface area (Å²) in [6, 6.07) is 9.76. The second-order valence-electron chi connectivity index (χ2n) is 5.37. The molecule has 0 radical (unpaired) electrons. The molecule has 1 aliphatic rings. The van der Waals surface area contributed by atoms with Gasteiger partial charge in [-0.3, -0.25) is 0 Å². The van der Waals surface area contributed by atoms with Crippen molar-refractivity contribution < 1.29 is 19.1 Å². The number of nitrogens with zero attached hydrogens (tertiary/aromatic N) is 1. The molecule has 3 rings (SSSR count). The first kappa shape index (κ1) is 17.7. The molecule has 2 aromatic rings. The predicted octanol–water partition coefficient (Wildman–Crippen LogP) is 3.91. The van der Waals surface area contributed by atoms with Crippen molar-refractivity contribution in [2.45, 2.75) is 0 Å². The highest BCUT2D eigenvalue weighted by Gasteiger charge is 2.27. The van der Waals surface area contributed by atoms with Crippen LogP contribution < -0.4 is 4.90 Å². The number of esters is 2. The molecule has 0 amide bonds. The lowest BCUT2D eigenvalue weighted by Crippen LogP contribution is -2.26. The second kappa shape index (κ2) is 7.84. The van der Waals surface area contributed by atoms with Gasteiger partial charge in [-0.15, -0.1) is 0 Å². The molecule has 6 heteroatoms. The Morgan fingerprint density at radius 3 is 2.27 bits per heavy atom. The maximum Gasteiger partial charge on any atom is 0.355 e. The highest BCUT2D eigenvalue weighted by molar-refractivity contribution is 7.08. The molecular formula is C20H17NO4S. The first-order chi connectivity index (χ1) is 12.7. The fraction of sp³-hybridized carbons (Fsp3) is 0.100. The van der Waals surface area contributed by atoms with Crippen LogP contribution in [0.25, 0.3) is 11.1 Å². The van der Waals surface area contributed by atoms with Gasteiger partial charge in [-0.05, 0) is 52.2 Å². The van der Waals surface area contributed by atoms with Crippen LogP contribution in [-0.2, 0) is 19.1 Å². The van der Waals surface area contributed by atoms with Crippen LogP contribution in [0.2, 0.25) is 0 Å². The van der Waals surface area contributed by atoms with Gasteiger partial charge < -0.3 is 14.4 Å². The van der Waals surface area contributed by atoms with E-state index in [0.29, 0.717) is 0 Å². The maximum atomic E-state index is 12.4. The highest BCUT2D eigenvalue weighted by Crippen LogP contribution is 2.29. The van der Waals surface area contributed by atoms with Crippen LogP contribution in [0.4, 0.5) is 5.69 Å².